The van der Waals surface area contributed by atoms with Crippen molar-refractivity contribution in [3.8, 4) is 0 Å². The van der Waals surface area contributed by atoms with Crippen molar-refractivity contribution in [1.82, 2.24) is 0 Å². The van der Waals surface area contributed by atoms with Gasteiger partial charge in [0.2, 0.25) is 0 Å². The SMILES string of the molecule is C1=CCCCCCC1.C1=CCCCCCC1.C1=CCCCCCC1.C1=CCCCCCC1.CC1(C)[CH-]C(C)(C)C1. The standard InChI is InChI=1S/C8H15.4C8H14/c1-7(2)5-8(3,4)6-7;4*1-2-4-6-8-7-5-3-1/h5H,6H2,1-4H3;4*1-2H,3-8H2/q-1;;;;. The molecule has 0 radical (unpaired) electrons. The molecule has 0 heterocycles. The van der Waals surface area contributed by atoms with Crippen LogP contribution in [0.2, 0.25) is 0 Å². The van der Waals surface area contributed by atoms with Gasteiger partial charge in [-0.2, -0.15) is 10.8 Å². The zero-order chi connectivity index (χ0) is 29.0. The molecule has 5 aliphatic carbocycles. The van der Waals surface area contributed by atoms with Gasteiger partial charge in [0, 0.05) is 0 Å². The molecule has 40 heavy (non-hydrogen) atoms. The van der Waals surface area contributed by atoms with Gasteiger partial charge in [0.1, 0.15) is 0 Å². The quantitative estimate of drug-likeness (QED) is 0.207. The van der Waals surface area contributed by atoms with Crippen LogP contribution in [0, 0.1) is 17.3 Å². The molecule has 0 bridgehead atoms. The predicted molar refractivity (Wildman–Crippen MR) is 184 cm³/mol. The Balaban J connectivity index is 0.000000250. The number of hydrogen-bond donors (Lipinski definition) is 0. The molecule has 5 rings (SSSR count). The van der Waals surface area contributed by atoms with E-state index in [0.717, 1.165) is 0 Å². The lowest BCUT2D eigenvalue weighted by Crippen LogP contribution is -2.39. The van der Waals surface area contributed by atoms with Crippen molar-refractivity contribution in [1.29, 1.82) is 0 Å². The van der Waals surface area contributed by atoms with E-state index in [2.05, 4.69) is 82.7 Å². The molecule has 0 spiro atoms. The topological polar surface area (TPSA) is 0 Å². The Morgan fingerprint density at radius 1 is 0.300 bits per heavy atom. The number of rotatable bonds is 0. The molecule has 0 unspecified atom stereocenters. The van der Waals surface area contributed by atoms with Crippen molar-refractivity contribution < 1.29 is 0 Å². The first kappa shape index (κ1) is 37.0. The third-order valence-electron chi connectivity index (χ3n) is 8.33. The lowest BCUT2D eigenvalue weighted by Gasteiger charge is -2.61. The van der Waals surface area contributed by atoms with E-state index in [1.807, 2.05) is 0 Å². The highest BCUT2D eigenvalue weighted by Crippen LogP contribution is 2.52. The van der Waals surface area contributed by atoms with E-state index in [0.29, 0.717) is 10.8 Å². The summed E-state index contributed by atoms with van der Waals surface area (Å²) in [5.41, 5.74) is 1.06. The van der Waals surface area contributed by atoms with Gasteiger partial charge in [0.05, 0.1) is 0 Å². The average Bonchev–Trinajstić information content (AvgIpc) is 2.77. The van der Waals surface area contributed by atoms with Gasteiger partial charge in [-0.15, -0.1) is 0 Å². The number of allylic oxidation sites excluding steroid dienone is 8. The first-order valence-corrected chi connectivity index (χ1v) is 17.9. The molecule has 0 nitrogen and oxygen atoms in total. The minimum Gasteiger partial charge on any atom is -0.317 e. The molecule has 0 atom stereocenters. The minimum absolute atomic E-state index is 0.531. The maximum atomic E-state index is 2.43. The van der Waals surface area contributed by atoms with Crippen LogP contribution in [0.1, 0.15) is 188 Å². The van der Waals surface area contributed by atoms with Crippen molar-refractivity contribution in [3.63, 3.8) is 0 Å². The van der Waals surface area contributed by atoms with E-state index in [4.69, 9.17) is 0 Å². The highest BCUT2D eigenvalue weighted by atomic mass is 14.5. The molecular weight excluding hydrogens is 480 g/mol. The van der Waals surface area contributed by atoms with Gasteiger partial charge in [-0.05, 0) is 103 Å². The van der Waals surface area contributed by atoms with Crippen LogP contribution in [-0.2, 0) is 0 Å². The van der Waals surface area contributed by atoms with Crippen LogP contribution in [0.3, 0.4) is 0 Å². The minimum atomic E-state index is 0.531. The molecule has 5 aliphatic rings. The lowest BCUT2D eigenvalue weighted by atomic mass is 9.56. The molecular formula is C40H71-. The van der Waals surface area contributed by atoms with Crippen LogP contribution in [0.15, 0.2) is 48.6 Å². The molecule has 1 fully saturated rings. The Kier molecular flexibility index (Phi) is 23.7. The van der Waals surface area contributed by atoms with Crippen LogP contribution in [-0.4, -0.2) is 0 Å². The number of hydrogen-bond acceptors (Lipinski definition) is 0. The molecule has 0 aromatic carbocycles. The molecule has 0 aromatic rings. The third kappa shape index (κ3) is 25.9. The highest BCUT2D eigenvalue weighted by Gasteiger charge is 2.29. The van der Waals surface area contributed by atoms with E-state index in [1.54, 1.807) is 0 Å². The first-order valence-electron chi connectivity index (χ1n) is 17.9. The van der Waals surface area contributed by atoms with Crippen molar-refractivity contribution in [2.75, 3.05) is 0 Å². The first-order chi connectivity index (χ1) is 19.4. The predicted octanol–water partition coefficient (Wildman–Crippen LogP) is 14.2. The van der Waals surface area contributed by atoms with Gasteiger partial charge < -0.3 is 6.42 Å². The fraction of sp³-hybridized carbons (Fsp3) is 0.775. The van der Waals surface area contributed by atoms with Gasteiger partial charge in [0.25, 0.3) is 0 Å². The summed E-state index contributed by atoms with van der Waals surface area (Å²) in [6, 6.07) is 0. The normalized spacial score (nSPS) is 23.9. The fourth-order valence-corrected chi connectivity index (χ4v) is 6.66. The summed E-state index contributed by atoms with van der Waals surface area (Å²) in [6.45, 7) is 9.16. The van der Waals surface area contributed by atoms with Crippen LogP contribution >= 0.6 is 0 Å². The summed E-state index contributed by atoms with van der Waals surface area (Å²) in [4.78, 5) is 0. The monoisotopic (exact) mass is 552 g/mol. The van der Waals surface area contributed by atoms with Gasteiger partial charge in [0.15, 0.2) is 0 Å². The lowest BCUT2D eigenvalue weighted by molar-refractivity contribution is 0.119. The van der Waals surface area contributed by atoms with E-state index in [9.17, 15) is 0 Å². The summed E-state index contributed by atoms with van der Waals surface area (Å²) >= 11 is 0. The van der Waals surface area contributed by atoms with Crippen molar-refractivity contribution in [2.24, 2.45) is 10.8 Å². The van der Waals surface area contributed by atoms with E-state index in [-0.39, 0.29) is 0 Å². The molecule has 1 saturated carbocycles. The Labute approximate surface area is 253 Å². The van der Waals surface area contributed by atoms with E-state index < -0.39 is 0 Å². The van der Waals surface area contributed by atoms with Gasteiger partial charge in [-0.25, -0.2) is 0 Å². The van der Waals surface area contributed by atoms with Crippen molar-refractivity contribution in [3.05, 3.63) is 55.0 Å². The highest BCUT2D eigenvalue weighted by molar-refractivity contribution is 5.08. The van der Waals surface area contributed by atoms with Crippen molar-refractivity contribution in [2.45, 2.75) is 188 Å². The van der Waals surface area contributed by atoms with E-state index >= 15 is 0 Å². The Bertz CT molecular complexity index is 506. The summed E-state index contributed by atoms with van der Waals surface area (Å²) < 4.78 is 0. The summed E-state index contributed by atoms with van der Waals surface area (Å²) in [5, 5.41) is 0. The largest absolute Gasteiger partial charge is 0.317 e. The summed E-state index contributed by atoms with van der Waals surface area (Å²) in [6.07, 6.45) is 55.8. The Hall–Kier alpha value is -1.04. The molecule has 0 N–H and O–H groups in total. The van der Waals surface area contributed by atoms with Crippen LogP contribution in [0.4, 0.5) is 0 Å². The van der Waals surface area contributed by atoms with E-state index in [1.165, 1.54) is 161 Å². The van der Waals surface area contributed by atoms with Gasteiger partial charge >= 0.3 is 0 Å². The maximum absolute atomic E-state index is 2.43. The Morgan fingerprint density at radius 2 is 0.450 bits per heavy atom. The molecule has 0 aliphatic heterocycles. The second-order valence-corrected chi connectivity index (χ2v) is 14.2. The molecule has 0 heteroatoms. The second kappa shape index (κ2) is 25.7. The smallest absolute Gasteiger partial charge is 0.0351 e. The van der Waals surface area contributed by atoms with Gasteiger partial charge in [-0.1, -0.05) is 134 Å². The molecule has 0 saturated heterocycles. The summed E-state index contributed by atoms with van der Waals surface area (Å²) in [5.74, 6) is 0. The van der Waals surface area contributed by atoms with Crippen LogP contribution in [0.5, 0.6) is 0 Å². The fourth-order valence-electron chi connectivity index (χ4n) is 6.66. The summed E-state index contributed by atoms with van der Waals surface area (Å²) in [7, 11) is 0. The van der Waals surface area contributed by atoms with Crippen LogP contribution < -0.4 is 0 Å². The molecule has 0 aromatic heterocycles. The zero-order valence-corrected chi connectivity index (χ0v) is 27.9. The van der Waals surface area contributed by atoms with Crippen molar-refractivity contribution >= 4 is 0 Å². The third-order valence-corrected chi connectivity index (χ3v) is 8.33. The average molecular weight is 552 g/mol. The van der Waals surface area contributed by atoms with Crippen LogP contribution in [0.25, 0.3) is 0 Å². The maximum Gasteiger partial charge on any atom is -0.0351 e. The molecule has 232 valence electrons. The molecule has 0 amide bonds. The zero-order valence-electron chi connectivity index (χ0n) is 27.9. The Morgan fingerprint density at radius 3 is 0.550 bits per heavy atom. The second-order valence-electron chi connectivity index (χ2n) is 14.2. The van der Waals surface area contributed by atoms with Gasteiger partial charge in [-0.3, -0.25) is 0 Å².